The molecule has 0 atom stereocenters. The Morgan fingerprint density at radius 2 is 1.38 bits per heavy atom. The van der Waals surface area contributed by atoms with E-state index in [1.165, 1.54) is 0 Å². The minimum atomic E-state index is 0.0223. The highest BCUT2D eigenvalue weighted by molar-refractivity contribution is 5.94. The van der Waals surface area contributed by atoms with Crippen molar-refractivity contribution in [2.45, 2.75) is 12.8 Å². The molecule has 32 heavy (non-hydrogen) atoms. The molecule has 3 aromatic carbocycles. The lowest BCUT2D eigenvalue weighted by Gasteiger charge is -2.22. The molecule has 1 aliphatic rings. The second kappa shape index (κ2) is 10.1. The first kappa shape index (κ1) is 21.6. The summed E-state index contributed by atoms with van der Waals surface area (Å²) in [5.74, 6) is 0.896. The summed E-state index contributed by atoms with van der Waals surface area (Å²) in [6.07, 6.45) is 1.14. The van der Waals surface area contributed by atoms with E-state index in [9.17, 15) is 9.59 Å². The zero-order valence-corrected chi connectivity index (χ0v) is 18.4. The fourth-order valence-electron chi connectivity index (χ4n) is 4.02. The highest BCUT2D eigenvalue weighted by Crippen LogP contribution is 2.20. The number of carbonyl (C=O) groups is 2. The summed E-state index contributed by atoms with van der Waals surface area (Å²) in [5, 5.41) is 0. The first-order valence-electron chi connectivity index (χ1n) is 11.0. The van der Waals surface area contributed by atoms with Gasteiger partial charge < -0.3 is 14.5 Å². The number of methoxy groups -OCH3 is 1. The van der Waals surface area contributed by atoms with Crippen LogP contribution in [-0.4, -0.2) is 54.9 Å². The maximum absolute atomic E-state index is 13.0. The molecule has 0 unspecified atom stereocenters. The lowest BCUT2D eigenvalue weighted by Crippen LogP contribution is -2.38. The highest BCUT2D eigenvalue weighted by Gasteiger charge is 2.23. The molecule has 5 nitrogen and oxygen atoms in total. The van der Waals surface area contributed by atoms with Crippen LogP contribution in [0.5, 0.6) is 5.75 Å². The van der Waals surface area contributed by atoms with Gasteiger partial charge in [0.2, 0.25) is 5.91 Å². The zero-order valence-electron chi connectivity index (χ0n) is 18.4. The predicted molar refractivity (Wildman–Crippen MR) is 126 cm³/mol. The standard InChI is InChI=1S/C27H28N2O3/c1-32-25-14-8-21(9-15-25)20-26(30)28-16-5-17-29(19-18-28)27(31)24-12-10-23(11-13-24)22-6-3-2-4-7-22/h2-4,6-15H,5,16-20H2,1H3. The van der Waals surface area contributed by atoms with Crippen molar-refractivity contribution in [3.8, 4) is 16.9 Å². The van der Waals surface area contributed by atoms with Crippen molar-refractivity contribution in [3.63, 3.8) is 0 Å². The Morgan fingerprint density at radius 1 is 0.750 bits per heavy atom. The Hall–Kier alpha value is -3.60. The van der Waals surface area contributed by atoms with Gasteiger partial charge in [0.15, 0.2) is 0 Å². The average molecular weight is 429 g/mol. The smallest absolute Gasteiger partial charge is 0.253 e. The van der Waals surface area contributed by atoms with Gasteiger partial charge in [-0.1, -0.05) is 54.6 Å². The fourth-order valence-corrected chi connectivity index (χ4v) is 4.02. The van der Waals surface area contributed by atoms with Gasteiger partial charge in [0, 0.05) is 31.7 Å². The molecule has 5 heteroatoms. The first-order valence-corrected chi connectivity index (χ1v) is 11.0. The molecule has 0 aromatic heterocycles. The highest BCUT2D eigenvalue weighted by atomic mass is 16.5. The third-order valence-corrected chi connectivity index (χ3v) is 5.89. The van der Waals surface area contributed by atoms with Gasteiger partial charge >= 0.3 is 0 Å². The van der Waals surface area contributed by atoms with Crippen LogP contribution in [0.3, 0.4) is 0 Å². The minimum Gasteiger partial charge on any atom is -0.497 e. The van der Waals surface area contributed by atoms with Crippen molar-refractivity contribution in [2.75, 3.05) is 33.3 Å². The van der Waals surface area contributed by atoms with E-state index >= 15 is 0 Å². The second-order valence-electron chi connectivity index (χ2n) is 7.99. The molecule has 1 fully saturated rings. The topological polar surface area (TPSA) is 49.9 Å². The molecule has 1 aliphatic heterocycles. The predicted octanol–water partition coefficient (Wildman–Crippen LogP) is 4.28. The Kier molecular flexibility index (Phi) is 6.85. The van der Waals surface area contributed by atoms with Crippen molar-refractivity contribution >= 4 is 11.8 Å². The van der Waals surface area contributed by atoms with Crippen LogP contribution < -0.4 is 4.74 Å². The van der Waals surface area contributed by atoms with Crippen LogP contribution in [0.15, 0.2) is 78.9 Å². The zero-order chi connectivity index (χ0) is 22.3. The SMILES string of the molecule is COc1ccc(CC(=O)N2CCCN(C(=O)c3ccc(-c4ccccc4)cc3)CC2)cc1. The summed E-state index contributed by atoms with van der Waals surface area (Å²) in [6.45, 7) is 2.44. The Morgan fingerprint density at radius 3 is 2.06 bits per heavy atom. The van der Waals surface area contributed by atoms with Gasteiger partial charge in [0.25, 0.3) is 5.91 Å². The molecule has 1 heterocycles. The first-order chi connectivity index (χ1) is 15.6. The summed E-state index contributed by atoms with van der Waals surface area (Å²) < 4.78 is 5.17. The van der Waals surface area contributed by atoms with Crippen molar-refractivity contribution in [1.29, 1.82) is 0 Å². The number of hydrogen-bond donors (Lipinski definition) is 0. The number of amides is 2. The van der Waals surface area contributed by atoms with E-state index in [0.717, 1.165) is 28.9 Å². The van der Waals surface area contributed by atoms with E-state index in [4.69, 9.17) is 4.74 Å². The number of benzene rings is 3. The molecule has 0 saturated carbocycles. The van der Waals surface area contributed by atoms with Crippen LogP contribution in [0, 0.1) is 0 Å². The molecule has 0 radical (unpaired) electrons. The van der Waals surface area contributed by atoms with E-state index in [-0.39, 0.29) is 11.8 Å². The Labute approximate surface area is 189 Å². The van der Waals surface area contributed by atoms with Gasteiger partial charge in [-0.05, 0) is 47.4 Å². The largest absolute Gasteiger partial charge is 0.497 e. The van der Waals surface area contributed by atoms with E-state index in [1.54, 1.807) is 7.11 Å². The van der Waals surface area contributed by atoms with Gasteiger partial charge in [0.1, 0.15) is 5.75 Å². The van der Waals surface area contributed by atoms with Gasteiger partial charge in [0.05, 0.1) is 13.5 Å². The van der Waals surface area contributed by atoms with E-state index < -0.39 is 0 Å². The molecule has 3 aromatic rings. The second-order valence-corrected chi connectivity index (χ2v) is 7.99. The monoisotopic (exact) mass is 428 g/mol. The summed E-state index contributed by atoms with van der Waals surface area (Å²) in [4.78, 5) is 29.6. The van der Waals surface area contributed by atoms with Crippen LogP contribution in [0.25, 0.3) is 11.1 Å². The normalized spacial score (nSPS) is 14.0. The van der Waals surface area contributed by atoms with E-state index in [0.29, 0.717) is 38.2 Å². The summed E-state index contributed by atoms with van der Waals surface area (Å²) in [6, 6.07) is 25.5. The third kappa shape index (κ3) is 5.17. The number of ether oxygens (including phenoxy) is 1. The third-order valence-electron chi connectivity index (χ3n) is 5.89. The van der Waals surface area contributed by atoms with Crippen molar-refractivity contribution in [1.82, 2.24) is 9.80 Å². The molecule has 1 saturated heterocycles. The number of rotatable bonds is 5. The average Bonchev–Trinajstić information content (AvgIpc) is 3.11. The van der Waals surface area contributed by atoms with Gasteiger partial charge in [-0.3, -0.25) is 9.59 Å². The summed E-state index contributed by atoms with van der Waals surface area (Å²) in [5.41, 5.74) is 3.87. The minimum absolute atomic E-state index is 0.0223. The molecule has 0 aliphatic carbocycles. The Bertz CT molecular complexity index is 1050. The lowest BCUT2D eigenvalue weighted by molar-refractivity contribution is -0.130. The van der Waals surface area contributed by atoms with Gasteiger partial charge in [-0.25, -0.2) is 0 Å². The molecule has 164 valence electrons. The van der Waals surface area contributed by atoms with E-state index in [1.807, 2.05) is 76.5 Å². The van der Waals surface area contributed by atoms with Crippen molar-refractivity contribution < 1.29 is 14.3 Å². The fraction of sp³-hybridized carbons (Fsp3) is 0.259. The lowest BCUT2D eigenvalue weighted by atomic mass is 10.0. The van der Waals surface area contributed by atoms with Gasteiger partial charge in [-0.2, -0.15) is 0 Å². The van der Waals surface area contributed by atoms with Crippen molar-refractivity contribution in [2.24, 2.45) is 0 Å². The maximum Gasteiger partial charge on any atom is 0.253 e. The Balaban J connectivity index is 1.35. The molecule has 0 spiro atoms. The van der Waals surface area contributed by atoms with Crippen molar-refractivity contribution in [3.05, 3.63) is 90.0 Å². The van der Waals surface area contributed by atoms with Gasteiger partial charge in [-0.15, -0.1) is 0 Å². The number of hydrogen-bond acceptors (Lipinski definition) is 3. The molecular formula is C27H28N2O3. The summed E-state index contributed by atoms with van der Waals surface area (Å²) >= 11 is 0. The molecule has 2 amide bonds. The van der Waals surface area contributed by atoms with Crippen LogP contribution in [0.2, 0.25) is 0 Å². The molecule has 0 bridgehead atoms. The van der Waals surface area contributed by atoms with Crippen LogP contribution in [0.4, 0.5) is 0 Å². The van der Waals surface area contributed by atoms with E-state index in [2.05, 4.69) is 12.1 Å². The molecule has 0 N–H and O–H groups in total. The number of carbonyl (C=O) groups excluding carboxylic acids is 2. The van der Waals surface area contributed by atoms with Crippen LogP contribution >= 0.6 is 0 Å². The quantitative estimate of drug-likeness (QED) is 0.610. The van der Waals surface area contributed by atoms with Crippen LogP contribution in [-0.2, 0) is 11.2 Å². The summed E-state index contributed by atoms with van der Waals surface area (Å²) in [7, 11) is 1.63. The molecular weight excluding hydrogens is 400 g/mol. The number of nitrogens with zero attached hydrogens (tertiary/aromatic N) is 2. The maximum atomic E-state index is 13.0. The van der Waals surface area contributed by atoms with Crippen LogP contribution in [0.1, 0.15) is 22.3 Å². The molecule has 4 rings (SSSR count).